The summed E-state index contributed by atoms with van der Waals surface area (Å²) in [6.07, 6.45) is 6.41. The van der Waals surface area contributed by atoms with Crippen molar-refractivity contribution in [1.82, 2.24) is 9.97 Å². The summed E-state index contributed by atoms with van der Waals surface area (Å²) < 4.78 is 5.05. The summed E-state index contributed by atoms with van der Waals surface area (Å²) in [6.45, 7) is 0. The molecule has 0 saturated carbocycles. The molecule has 0 atom stereocenters. The number of hydrogen-bond donors (Lipinski definition) is 1. The fraction of sp³-hybridized carbons (Fsp3) is 0.333. The molecule has 1 aromatic rings. The Bertz CT molecular complexity index is 331. The minimum Gasteiger partial charge on any atom is -0.480 e. The summed E-state index contributed by atoms with van der Waals surface area (Å²) in [5.74, 6) is 1.30. The van der Waals surface area contributed by atoms with Gasteiger partial charge in [0.05, 0.1) is 12.7 Å². The van der Waals surface area contributed by atoms with E-state index in [0.717, 1.165) is 17.7 Å². The Hall–Kier alpha value is -0.740. The number of aromatic nitrogens is 2. The van der Waals surface area contributed by atoms with E-state index in [1.54, 1.807) is 13.3 Å². The monoisotopic (exact) mass is 230 g/mol. The summed E-state index contributed by atoms with van der Waals surface area (Å²) in [4.78, 5) is 7.80. The van der Waals surface area contributed by atoms with Gasteiger partial charge < -0.3 is 4.74 Å². The van der Waals surface area contributed by atoms with Crippen LogP contribution in [0.25, 0.3) is 6.08 Å². The maximum absolute atomic E-state index is 5.62. The third-order valence-corrected chi connectivity index (χ3v) is 1.98. The van der Waals surface area contributed by atoms with Crippen LogP contribution in [-0.4, -0.2) is 22.8 Å². The number of ether oxygens (including phenoxy) is 1. The second-order valence-corrected chi connectivity index (χ2v) is 3.30. The molecule has 0 saturated heterocycles. The van der Waals surface area contributed by atoms with Crippen molar-refractivity contribution in [3.8, 4) is 5.88 Å². The molecule has 1 aromatic heterocycles. The van der Waals surface area contributed by atoms with Crippen LogP contribution in [0.4, 0.5) is 0 Å². The lowest BCUT2D eigenvalue weighted by Gasteiger charge is -2.02. The van der Waals surface area contributed by atoms with Crippen LogP contribution in [0.2, 0.25) is 5.28 Å². The SMILES string of the molecule is COc1nc(Cl)ncc1C=CCCS. The van der Waals surface area contributed by atoms with E-state index in [2.05, 4.69) is 22.6 Å². The van der Waals surface area contributed by atoms with Gasteiger partial charge in [0.25, 0.3) is 0 Å². The Kier molecular flexibility index (Phi) is 4.76. The molecule has 14 heavy (non-hydrogen) atoms. The quantitative estimate of drug-likeness (QED) is 0.638. The second-order valence-electron chi connectivity index (χ2n) is 2.52. The fourth-order valence-corrected chi connectivity index (χ4v) is 1.19. The number of allylic oxidation sites excluding steroid dienone is 1. The smallest absolute Gasteiger partial charge is 0.225 e. The lowest BCUT2D eigenvalue weighted by atomic mass is 10.3. The Labute approximate surface area is 93.6 Å². The normalized spacial score (nSPS) is 10.8. The molecule has 76 valence electrons. The number of rotatable bonds is 4. The van der Waals surface area contributed by atoms with Crippen LogP contribution in [0, 0.1) is 0 Å². The minimum atomic E-state index is 0.188. The number of halogens is 1. The van der Waals surface area contributed by atoms with Crippen molar-refractivity contribution >= 4 is 30.3 Å². The highest BCUT2D eigenvalue weighted by Crippen LogP contribution is 2.17. The summed E-state index contributed by atoms with van der Waals surface area (Å²) in [7, 11) is 1.55. The van der Waals surface area contributed by atoms with Gasteiger partial charge in [-0.1, -0.05) is 12.2 Å². The predicted molar refractivity (Wildman–Crippen MR) is 61.1 cm³/mol. The van der Waals surface area contributed by atoms with Gasteiger partial charge in [-0.25, -0.2) is 4.98 Å². The molecule has 1 heterocycles. The first-order valence-corrected chi connectivity index (χ1v) is 5.13. The zero-order valence-electron chi connectivity index (χ0n) is 7.77. The maximum Gasteiger partial charge on any atom is 0.225 e. The first-order valence-electron chi connectivity index (χ1n) is 4.12. The highest BCUT2D eigenvalue weighted by atomic mass is 35.5. The van der Waals surface area contributed by atoms with Gasteiger partial charge in [-0.05, 0) is 23.8 Å². The molecule has 3 nitrogen and oxygen atoms in total. The summed E-state index contributed by atoms with van der Waals surface area (Å²) in [5.41, 5.74) is 0.818. The molecule has 0 N–H and O–H groups in total. The predicted octanol–water partition coefficient (Wildman–Crippen LogP) is 2.47. The summed E-state index contributed by atoms with van der Waals surface area (Å²) >= 11 is 9.72. The molecule has 0 radical (unpaired) electrons. The largest absolute Gasteiger partial charge is 0.480 e. The molecular weight excluding hydrogens is 220 g/mol. The van der Waals surface area contributed by atoms with E-state index in [9.17, 15) is 0 Å². The van der Waals surface area contributed by atoms with Crippen LogP contribution < -0.4 is 4.74 Å². The highest BCUT2D eigenvalue weighted by Gasteiger charge is 2.02. The number of methoxy groups -OCH3 is 1. The van der Waals surface area contributed by atoms with E-state index in [-0.39, 0.29) is 5.28 Å². The van der Waals surface area contributed by atoms with Crippen LogP contribution in [0.1, 0.15) is 12.0 Å². The average Bonchev–Trinajstić information content (AvgIpc) is 2.20. The van der Waals surface area contributed by atoms with Crippen LogP contribution in [0.3, 0.4) is 0 Å². The van der Waals surface area contributed by atoms with Crippen molar-refractivity contribution in [2.24, 2.45) is 0 Å². The van der Waals surface area contributed by atoms with Crippen molar-refractivity contribution in [3.05, 3.63) is 23.1 Å². The molecule has 0 aromatic carbocycles. The summed E-state index contributed by atoms with van der Waals surface area (Å²) in [6, 6.07) is 0. The molecule has 5 heteroatoms. The third kappa shape index (κ3) is 3.20. The fourth-order valence-electron chi connectivity index (χ4n) is 0.918. The van der Waals surface area contributed by atoms with Gasteiger partial charge in [-0.3, -0.25) is 0 Å². The number of thiol groups is 1. The number of nitrogens with zero attached hydrogens (tertiary/aromatic N) is 2. The third-order valence-electron chi connectivity index (χ3n) is 1.54. The van der Waals surface area contributed by atoms with Gasteiger partial charge in [-0.2, -0.15) is 17.6 Å². The second kappa shape index (κ2) is 5.88. The van der Waals surface area contributed by atoms with Crippen LogP contribution in [0.15, 0.2) is 12.3 Å². The molecule has 0 aliphatic heterocycles. The molecule has 0 bridgehead atoms. The molecular formula is C9H11ClN2OS. The molecule has 0 spiro atoms. The van der Waals surface area contributed by atoms with E-state index < -0.39 is 0 Å². The van der Waals surface area contributed by atoms with Crippen molar-refractivity contribution < 1.29 is 4.74 Å². The van der Waals surface area contributed by atoms with Gasteiger partial charge in [0, 0.05) is 6.20 Å². The zero-order valence-corrected chi connectivity index (χ0v) is 9.42. The Morgan fingerprint density at radius 3 is 3.07 bits per heavy atom. The minimum absolute atomic E-state index is 0.188. The molecule has 0 aliphatic carbocycles. The first-order chi connectivity index (χ1) is 6.77. The molecule has 1 rings (SSSR count). The molecule has 0 aliphatic rings. The van der Waals surface area contributed by atoms with Gasteiger partial charge >= 0.3 is 0 Å². The lowest BCUT2D eigenvalue weighted by molar-refractivity contribution is 0.396. The zero-order chi connectivity index (χ0) is 10.4. The van der Waals surface area contributed by atoms with E-state index in [0.29, 0.717) is 5.88 Å². The van der Waals surface area contributed by atoms with E-state index in [4.69, 9.17) is 16.3 Å². The standard InChI is InChI=1S/C9H11ClN2OS/c1-13-8-7(4-2-3-5-14)6-11-9(10)12-8/h2,4,6,14H,3,5H2,1H3. The Morgan fingerprint density at radius 1 is 1.64 bits per heavy atom. The first kappa shape index (κ1) is 11.3. The van der Waals surface area contributed by atoms with Crippen molar-refractivity contribution in [3.63, 3.8) is 0 Å². The number of hydrogen-bond acceptors (Lipinski definition) is 4. The van der Waals surface area contributed by atoms with E-state index in [1.165, 1.54) is 0 Å². The van der Waals surface area contributed by atoms with E-state index in [1.807, 2.05) is 12.2 Å². The molecule has 0 fully saturated rings. The average molecular weight is 231 g/mol. The van der Waals surface area contributed by atoms with Gasteiger partial charge in [0.15, 0.2) is 0 Å². The van der Waals surface area contributed by atoms with Gasteiger partial charge in [0.1, 0.15) is 0 Å². The van der Waals surface area contributed by atoms with Crippen molar-refractivity contribution in [1.29, 1.82) is 0 Å². The topological polar surface area (TPSA) is 35.0 Å². The summed E-state index contributed by atoms with van der Waals surface area (Å²) in [5, 5.41) is 0.188. The Balaban J connectivity index is 2.85. The van der Waals surface area contributed by atoms with Crippen molar-refractivity contribution in [2.45, 2.75) is 6.42 Å². The van der Waals surface area contributed by atoms with Gasteiger partial charge in [-0.15, -0.1) is 0 Å². The van der Waals surface area contributed by atoms with Crippen LogP contribution in [-0.2, 0) is 0 Å². The van der Waals surface area contributed by atoms with E-state index >= 15 is 0 Å². The van der Waals surface area contributed by atoms with Crippen LogP contribution in [0.5, 0.6) is 5.88 Å². The highest BCUT2D eigenvalue weighted by molar-refractivity contribution is 7.80. The molecule has 0 unspecified atom stereocenters. The van der Waals surface area contributed by atoms with Crippen LogP contribution >= 0.6 is 24.2 Å². The maximum atomic E-state index is 5.62. The Morgan fingerprint density at radius 2 is 2.43 bits per heavy atom. The molecule has 0 amide bonds. The van der Waals surface area contributed by atoms with Crippen molar-refractivity contribution in [2.75, 3.05) is 12.9 Å². The lowest BCUT2D eigenvalue weighted by Crippen LogP contribution is -1.93. The van der Waals surface area contributed by atoms with Gasteiger partial charge in [0.2, 0.25) is 11.2 Å².